The highest BCUT2D eigenvalue weighted by atomic mass is 32.2. The first-order valence-electron chi connectivity index (χ1n) is 6.88. The largest absolute Gasteiger partial charge is 0.497 e. The number of methoxy groups -OCH3 is 1. The maximum Gasteiger partial charge on any atom is 0.119 e. The molecule has 1 atom stereocenters. The van der Waals surface area contributed by atoms with E-state index < -0.39 is 0 Å². The number of H-pyrrole nitrogens is 1. The number of thioether (sulfide) groups is 1. The lowest BCUT2D eigenvalue weighted by molar-refractivity contribution is 0.414. The van der Waals surface area contributed by atoms with Crippen LogP contribution in [-0.4, -0.2) is 18.6 Å². The summed E-state index contributed by atoms with van der Waals surface area (Å²) >= 11 is 1.75. The molecule has 0 amide bonds. The number of para-hydroxylation sites is 1. The van der Waals surface area contributed by atoms with Crippen molar-refractivity contribution in [2.24, 2.45) is 5.73 Å². The molecule has 0 radical (unpaired) electrons. The van der Waals surface area contributed by atoms with E-state index in [0.29, 0.717) is 6.54 Å². The number of aromatic amines is 1. The van der Waals surface area contributed by atoms with Gasteiger partial charge < -0.3 is 15.5 Å². The summed E-state index contributed by atoms with van der Waals surface area (Å²) in [6.07, 6.45) is 0. The fourth-order valence-electron chi connectivity index (χ4n) is 2.36. The van der Waals surface area contributed by atoms with Crippen LogP contribution in [0.5, 0.6) is 5.75 Å². The van der Waals surface area contributed by atoms with Crippen molar-refractivity contribution in [3.05, 3.63) is 60.2 Å². The summed E-state index contributed by atoms with van der Waals surface area (Å²) in [6.45, 7) is 0.577. The van der Waals surface area contributed by atoms with Crippen molar-refractivity contribution in [1.29, 1.82) is 0 Å². The zero-order chi connectivity index (χ0) is 14.7. The smallest absolute Gasteiger partial charge is 0.119 e. The van der Waals surface area contributed by atoms with Crippen LogP contribution in [0.1, 0.15) is 10.8 Å². The Kier molecular flexibility index (Phi) is 4.18. The number of benzene rings is 2. The predicted molar refractivity (Wildman–Crippen MR) is 88.9 cm³/mol. The second kappa shape index (κ2) is 6.24. The minimum atomic E-state index is 0.202. The van der Waals surface area contributed by atoms with Gasteiger partial charge in [0, 0.05) is 22.7 Å². The van der Waals surface area contributed by atoms with Gasteiger partial charge >= 0.3 is 0 Å². The van der Waals surface area contributed by atoms with Gasteiger partial charge in [0.15, 0.2) is 0 Å². The van der Waals surface area contributed by atoms with E-state index in [9.17, 15) is 0 Å². The summed E-state index contributed by atoms with van der Waals surface area (Å²) in [6, 6.07) is 18.5. The van der Waals surface area contributed by atoms with Crippen LogP contribution in [0, 0.1) is 0 Å². The Morgan fingerprint density at radius 1 is 1.14 bits per heavy atom. The molecule has 1 unspecified atom stereocenters. The molecule has 1 heterocycles. The van der Waals surface area contributed by atoms with Crippen molar-refractivity contribution in [3.8, 4) is 5.75 Å². The van der Waals surface area contributed by atoms with E-state index in [1.54, 1.807) is 18.9 Å². The topological polar surface area (TPSA) is 51.0 Å². The molecule has 0 aliphatic rings. The fourth-order valence-corrected chi connectivity index (χ4v) is 3.41. The Hall–Kier alpha value is -1.91. The molecule has 108 valence electrons. The molecule has 1 aromatic heterocycles. The molecule has 3 N–H and O–H groups in total. The van der Waals surface area contributed by atoms with Crippen molar-refractivity contribution < 1.29 is 4.74 Å². The zero-order valence-corrected chi connectivity index (χ0v) is 12.7. The van der Waals surface area contributed by atoms with Crippen LogP contribution in [0.3, 0.4) is 0 Å². The maximum absolute atomic E-state index is 5.96. The van der Waals surface area contributed by atoms with Gasteiger partial charge in [-0.25, -0.2) is 0 Å². The number of rotatable bonds is 5. The molecule has 2 aromatic carbocycles. The van der Waals surface area contributed by atoms with Gasteiger partial charge in [0.1, 0.15) is 5.75 Å². The number of aromatic nitrogens is 1. The lowest BCUT2D eigenvalue weighted by Gasteiger charge is -2.14. The van der Waals surface area contributed by atoms with Crippen LogP contribution >= 0.6 is 11.8 Å². The Balaban J connectivity index is 1.86. The van der Waals surface area contributed by atoms with Gasteiger partial charge in [-0.15, -0.1) is 0 Å². The number of hydrogen-bond donors (Lipinski definition) is 2. The molecule has 4 heteroatoms. The predicted octanol–water partition coefficient (Wildman–Crippen LogP) is 3.97. The van der Waals surface area contributed by atoms with Gasteiger partial charge in [0.05, 0.1) is 12.1 Å². The number of fused-ring (bicyclic) bond motifs is 1. The maximum atomic E-state index is 5.96. The van der Waals surface area contributed by atoms with E-state index in [1.807, 2.05) is 30.3 Å². The normalized spacial score (nSPS) is 12.5. The minimum absolute atomic E-state index is 0.202. The van der Waals surface area contributed by atoms with E-state index in [0.717, 1.165) is 16.3 Å². The monoisotopic (exact) mass is 298 g/mol. The number of ether oxygens (including phenoxy) is 1. The molecule has 0 bridgehead atoms. The van der Waals surface area contributed by atoms with E-state index in [2.05, 4.69) is 29.2 Å². The summed E-state index contributed by atoms with van der Waals surface area (Å²) in [4.78, 5) is 3.43. The highest BCUT2D eigenvalue weighted by Crippen LogP contribution is 2.36. The van der Waals surface area contributed by atoms with Crippen molar-refractivity contribution in [1.82, 2.24) is 4.98 Å². The van der Waals surface area contributed by atoms with Gasteiger partial charge in [-0.05, 0) is 29.8 Å². The summed E-state index contributed by atoms with van der Waals surface area (Å²) in [5.74, 6) is 0.864. The zero-order valence-electron chi connectivity index (χ0n) is 11.9. The first-order valence-corrected chi connectivity index (χ1v) is 7.76. The Bertz CT molecular complexity index is 705. The second-order valence-electron chi connectivity index (χ2n) is 4.84. The quantitative estimate of drug-likeness (QED) is 0.701. The third kappa shape index (κ3) is 3.06. The van der Waals surface area contributed by atoms with Crippen LogP contribution in [0.4, 0.5) is 0 Å². The first kappa shape index (κ1) is 14.0. The van der Waals surface area contributed by atoms with E-state index in [-0.39, 0.29) is 5.25 Å². The first-order chi connectivity index (χ1) is 10.3. The molecule has 0 spiro atoms. The standard InChI is InChI=1S/C17H18N2OS/c1-20-14-7-4-6-13(9-14)16(11-18)21-17-10-12-5-2-3-8-15(12)19-17/h2-10,16,19H,11,18H2,1H3. The molecule has 3 aromatic rings. The number of hydrogen-bond acceptors (Lipinski definition) is 3. The van der Waals surface area contributed by atoms with Crippen LogP contribution in [-0.2, 0) is 0 Å². The van der Waals surface area contributed by atoms with Gasteiger partial charge in [-0.1, -0.05) is 42.1 Å². The number of nitrogens with one attached hydrogen (secondary N) is 1. The van der Waals surface area contributed by atoms with Crippen molar-refractivity contribution in [3.63, 3.8) is 0 Å². The molecule has 0 fully saturated rings. The van der Waals surface area contributed by atoms with Crippen LogP contribution in [0.25, 0.3) is 10.9 Å². The Labute approximate surface area is 128 Å². The van der Waals surface area contributed by atoms with E-state index in [1.165, 1.54) is 10.9 Å². The molecule has 3 rings (SSSR count). The highest BCUT2D eigenvalue weighted by Gasteiger charge is 2.13. The molecule has 0 saturated heterocycles. The van der Waals surface area contributed by atoms with Gasteiger partial charge in [0.2, 0.25) is 0 Å². The minimum Gasteiger partial charge on any atom is -0.497 e. The van der Waals surface area contributed by atoms with Crippen LogP contribution in [0.15, 0.2) is 59.6 Å². The molecular weight excluding hydrogens is 280 g/mol. The average Bonchev–Trinajstić information content (AvgIpc) is 2.95. The highest BCUT2D eigenvalue weighted by molar-refractivity contribution is 7.99. The molecular formula is C17H18N2OS. The molecule has 0 aliphatic carbocycles. The van der Waals surface area contributed by atoms with Crippen molar-refractivity contribution in [2.45, 2.75) is 10.3 Å². The summed E-state index contributed by atoms with van der Waals surface area (Å²) in [7, 11) is 1.68. The SMILES string of the molecule is COc1cccc(C(CN)Sc2cc3ccccc3[nH]2)c1. The molecule has 0 saturated carbocycles. The molecule has 3 nitrogen and oxygen atoms in total. The van der Waals surface area contributed by atoms with E-state index >= 15 is 0 Å². The summed E-state index contributed by atoms with van der Waals surface area (Å²) < 4.78 is 5.29. The lowest BCUT2D eigenvalue weighted by Crippen LogP contribution is -2.09. The average molecular weight is 298 g/mol. The Morgan fingerprint density at radius 2 is 2.00 bits per heavy atom. The third-order valence-corrected chi connectivity index (χ3v) is 4.68. The summed E-state index contributed by atoms with van der Waals surface area (Å²) in [5.41, 5.74) is 8.30. The van der Waals surface area contributed by atoms with Crippen molar-refractivity contribution >= 4 is 22.7 Å². The molecule has 21 heavy (non-hydrogen) atoms. The third-order valence-electron chi connectivity index (χ3n) is 3.45. The van der Waals surface area contributed by atoms with Gasteiger partial charge in [-0.2, -0.15) is 0 Å². The van der Waals surface area contributed by atoms with E-state index in [4.69, 9.17) is 10.5 Å². The van der Waals surface area contributed by atoms with Gasteiger partial charge in [-0.3, -0.25) is 0 Å². The number of nitrogens with two attached hydrogens (primary N) is 1. The summed E-state index contributed by atoms with van der Waals surface area (Å²) in [5, 5.41) is 2.56. The van der Waals surface area contributed by atoms with Crippen molar-refractivity contribution in [2.75, 3.05) is 13.7 Å². The second-order valence-corrected chi connectivity index (χ2v) is 6.08. The van der Waals surface area contributed by atoms with Crippen LogP contribution < -0.4 is 10.5 Å². The molecule has 0 aliphatic heterocycles. The van der Waals surface area contributed by atoms with Gasteiger partial charge in [0.25, 0.3) is 0 Å². The fraction of sp³-hybridized carbons (Fsp3) is 0.176. The van der Waals surface area contributed by atoms with Crippen LogP contribution in [0.2, 0.25) is 0 Å². The lowest BCUT2D eigenvalue weighted by atomic mass is 10.1. The Morgan fingerprint density at radius 3 is 2.76 bits per heavy atom.